The second-order valence-corrected chi connectivity index (χ2v) is 4.23. The molecule has 2 N–H and O–H groups in total. The summed E-state index contributed by atoms with van der Waals surface area (Å²) in [5, 5.41) is 12.3. The van der Waals surface area contributed by atoms with Crippen LogP contribution in [0, 0.1) is 0 Å². The number of carboxylic acid groups (broad SMARTS) is 1. The summed E-state index contributed by atoms with van der Waals surface area (Å²) in [5.74, 6) is -0.875. The number of aromatic carboxylic acids is 1. The Kier molecular flexibility index (Phi) is 6.12. The van der Waals surface area contributed by atoms with Gasteiger partial charge in [0.2, 0.25) is 0 Å². The molecule has 18 heavy (non-hydrogen) atoms. The zero-order valence-corrected chi connectivity index (χ0v) is 10.9. The minimum Gasteiger partial charge on any atom is -0.478 e. The van der Waals surface area contributed by atoms with Gasteiger partial charge in [0.05, 0.1) is 11.7 Å². The van der Waals surface area contributed by atoms with E-state index in [0.29, 0.717) is 12.1 Å². The Balaban J connectivity index is 0.00000162. The second-order valence-electron chi connectivity index (χ2n) is 4.23. The topological polar surface area (TPSA) is 58.6 Å². The molecule has 1 saturated heterocycles. The van der Waals surface area contributed by atoms with Gasteiger partial charge in [0.15, 0.2) is 0 Å². The van der Waals surface area contributed by atoms with Gasteiger partial charge in [-0.2, -0.15) is 0 Å². The predicted molar refractivity (Wildman–Crippen MR) is 71.3 cm³/mol. The standard InChI is InChI=1S/C13H17NO3.ClH/c15-13(16)12-6-2-1-4-10(12)8-14-9-11-5-3-7-17-11;/h1-2,4,6,11,14H,3,5,7-9H2,(H,15,16);1H. The Morgan fingerprint density at radius 2 is 2.22 bits per heavy atom. The maximum Gasteiger partial charge on any atom is 0.336 e. The average molecular weight is 272 g/mol. The van der Waals surface area contributed by atoms with Gasteiger partial charge in [-0.1, -0.05) is 18.2 Å². The number of carbonyl (C=O) groups is 1. The van der Waals surface area contributed by atoms with E-state index in [2.05, 4.69) is 5.32 Å². The normalized spacial score (nSPS) is 18.3. The van der Waals surface area contributed by atoms with Gasteiger partial charge in [-0.3, -0.25) is 0 Å². The number of ether oxygens (including phenoxy) is 1. The molecule has 1 fully saturated rings. The molecule has 4 nitrogen and oxygen atoms in total. The van der Waals surface area contributed by atoms with E-state index in [0.717, 1.165) is 31.6 Å². The molecule has 0 amide bonds. The molecule has 100 valence electrons. The monoisotopic (exact) mass is 271 g/mol. The van der Waals surface area contributed by atoms with Crippen LogP contribution in [0.5, 0.6) is 0 Å². The Labute approximate surface area is 113 Å². The minimum absolute atomic E-state index is 0. The lowest BCUT2D eigenvalue weighted by molar-refractivity contribution is 0.0695. The van der Waals surface area contributed by atoms with E-state index in [9.17, 15) is 4.79 Å². The summed E-state index contributed by atoms with van der Waals surface area (Å²) in [5.41, 5.74) is 1.19. The van der Waals surface area contributed by atoms with Gasteiger partial charge >= 0.3 is 5.97 Å². The van der Waals surface area contributed by atoms with Crippen molar-refractivity contribution < 1.29 is 14.6 Å². The zero-order chi connectivity index (χ0) is 12.1. The SMILES string of the molecule is Cl.O=C(O)c1ccccc1CNCC1CCCO1. The van der Waals surface area contributed by atoms with Crippen molar-refractivity contribution in [1.82, 2.24) is 5.32 Å². The molecule has 1 aromatic rings. The van der Waals surface area contributed by atoms with Gasteiger partial charge < -0.3 is 15.2 Å². The third-order valence-electron chi connectivity index (χ3n) is 2.96. The summed E-state index contributed by atoms with van der Waals surface area (Å²) >= 11 is 0. The molecule has 0 radical (unpaired) electrons. The van der Waals surface area contributed by atoms with Crippen LogP contribution in [0.4, 0.5) is 0 Å². The van der Waals surface area contributed by atoms with E-state index in [1.54, 1.807) is 12.1 Å². The number of benzene rings is 1. The van der Waals surface area contributed by atoms with Gasteiger partial charge in [0.1, 0.15) is 0 Å². The van der Waals surface area contributed by atoms with Crippen molar-refractivity contribution in [3.63, 3.8) is 0 Å². The van der Waals surface area contributed by atoms with Crippen LogP contribution >= 0.6 is 12.4 Å². The first-order valence-electron chi connectivity index (χ1n) is 5.91. The van der Waals surface area contributed by atoms with Crippen LogP contribution in [0.1, 0.15) is 28.8 Å². The summed E-state index contributed by atoms with van der Waals surface area (Å²) < 4.78 is 5.49. The lowest BCUT2D eigenvalue weighted by Crippen LogP contribution is -2.26. The van der Waals surface area contributed by atoms with E-state index in [1.165, 1.54) is 0 Å². The van der Waals surface area contributed by atoms with E-state index in [4.69, 9.17) is 9.84 Å². The number of hydrogen-bond donors (Lipinski definition) is 2. The van der Waals surface area contributed by atoms with Crippen LogP contribution in [0.25, 0.3) is 0 Å². The molecule has 0 spiro atoms. The van der Waals surface area contributed by atoms with E-state index in [1.807, 2.05) is 12.1 Å². The van der Waals surface area contributed by atoms with E-state index in [-0.39, 0.29) is 18.5 Å². The lowest BCUT2D eigenvalue weighted by atomic mass is 10.1. The van der Waals surface area contributed by atoms with Crippen LogP contribution in [-0.2, 0) is 11.3 Å². The summed E-state index contributed by atoms with van der Waals surface area (Å²) in [7, 11) is 0. The summed E-state index contributed by atoms with van der Waals surface area (Å²) in [4.78, 5) is 11.0. The van der Waals surface area contributed by atoms with Crippen molar-refractivity contribution in [1.29, 1.82) is 0 Å². The molecule has 0 aromatic heterocycles. The highest BCUT2D eigenvalue weighted by atomic mass is 35.5. The first-order chi connectivity index (χ1) is 8.27. The van der Waals surface area contributed by atoms with Gasteiger partial charge in [0.25, 0.3) is 0 Å². The molecule has 1 heterocycles. The molecule has 0 aliphatic carbocycles. The van der Waals surface area contributed by atoms with Crippen LogP contribution in [0.2, 0.25) is 0 Å². The number of nitrogens with one attached hydrogen (secondary N) is 1. The number of hydrogen-bond acceptors (Lipinski definition) is 3. The molecule has 1 unspecified atom stereocenters. The van der Waals surface area contributed by atoms with Gasteiger partial charge in [-0.25, -0.2) is 4.79 Å². The highest BCUT2D eigenvalue weighted by Crippen LogP contribution is 2.12. The molecule has 0 saturated carbocycles. The molecule has 5 heteroatoms. The molecule has 0 bridgehead atoms. The van der Waals surface area contributed by atoms with Crippen molar-refractivity contribution in [2.24, 2.45) is 0 Å². The molecule has 1 aromatic carbocycles. The maximum atomic E-state index is 11.0. The molecule has 1 atom stereocenters. The first-order valence-corrected chi connectivity index (χ1v) is 5.91. The van der Waals surface area contributed by atoms with E-state index >= 15 is 0 Å². The third kappa shape index (κ3) is 3.98. The predicted octanol–water partition coefficient (Wildman–Crippen LogP) is 2.08. The first kappa shape index (κ1) is 15.0. The smallest absolute Gasteiger partial charge is 0.336 e. The van der Waals surface area contributed by atoms with Crippen molar-refractivity contribution in [3.05, 3.63) is 35.4 Å². The van der Waals surface area contributed by atoms with E-state index < -0.39 is 5.97 Å². The Morgan fingerprint density at radius 1 is 1.44 bits per heavy atom. The van der Waals surface area contributed by atoms with Crippen molar-refractivity contribution in [2.75, 3.05) is 13.2 Å². The third-order valence-corrected chi connectivity index (χ3v) is 2.96. The number of rotatable bonds is 5. The quantitative estimate of drug-likeness (QED) is 0.861. The molecule has 1 aliphatic heterocycles. The highest BCUT2D eigenvalue weighted by Gasteiger charge is 2.15. The maximum absolute atomic E-state index is 11.0. The fourth-order valence-corrected chi connectivity index (χ4v) is 2.06. The Bertz CT molecular complexity index is 392. The lowest BCUT2D eigenvalue weighted by Gasteiger charge is -2.11. The summed E-state index contributed by atoms with van der Waals surface area (Å²) in [6, 6.07) is 7.07. The van der Waals surface area contributed by atoms with Crippen LogP contribution in [0.3, 0.4) is 0 Å². The Hall–Kier alpha value is -1.10. The molecule has 1 aliphatic rings. The van der Waals surface area contributed by atoms with Crippen molar-refractivity contribution in [3.8, 4) is 0 Å². The average Bonchev–Trinajstić information content (AvgIpc) is 2.82. The molecular weight excluding hydrogens is 254 g/mol. The van der Waals surface area contributed by atoms with Crippen molar-refractivity contribution >= 4 is 18.4 Å². The van der Waals surface area contributed by atoms with Gasteiger partial charge in [0, 0.05) is 19.7 Å². The largest absolute Gasteiger partial charge is 0.478 e. The minimum atomic E-state index is -0.875. The van der Waals surface area contributed by atoms with Crippen LogP contribution in [-0.4, -0.2) is 30.3 Å². The van der Waals surface area contributed by atoms with Gasteiger partial charge in [-0.05, 0) is 24.5 Å². The van der Waals surface area contributed by atoms with Crippen LogP contribution in [0.15, 0.2) is 24.3 Å². The fraction of sp³-hybridized carbons (Fsp3) is 0.462. The Morgan fingerprint density at radius 3 is 2.89 bits per heavy atom. The van der Waals surface area contributed by atoms with Crippen LogP contribution < -0.4 is 5.32 Å². The molecular formula is C13H18ClNO3. The van der Waals surface area contributed by atoms with Crippen molar-refractivity contribution in [2.45, 2.75) is 25.5 Å². The summed E-state index contributed by atoms with van der Waals surface area (Å²) in [6.45, 7) is 2.20. The number of carboxylic acids is 1. The highest BCUT2D eigenvalue weighted by molar-refractivity contribution is 5.89. The summed E-state index contributed by atoms with van der Waals surface area (Å²) in [6.07, 6.45) is 2.50. The fourth-order valence-electron chi connectivity index (χ4n) is 2.06. The number of halogens is 1. The second kappa shape index (κ2) is 7.36. The molecule has 2 rings (SSSR count). The van der Waals surface area contributed by atoms with Gasteiger partial charge in [-0.15, -0.1) is 12.4 Å². The zero-order valence-electron chi connectivity index (χ0n) is 10.1.